The van der Waals surface area contributed by atoms with E-state index in [1.54, 1.807) is 35.6 Å². The highest BCUT2D eigenvalue weighted by Crippen LogP contribution is 2.42. The summed E-state index contributed by atoms with van der Waals surface area (Å²) in [6.07, 6.45) is 4.37. The van der Waals surface area contributed by atoms with Crippen molar-refractivity contribution >= 4 is 35.0 Å². The van der Waals surface area contributed by atoms with Crippen LogP contribution in [0.3, 0.4) is 0 Å². The largest absolute Gasteiger partial charge is 0.354 e. The molecule has 0 bridgehead atoms. The van der Waals surface area contributed by atoms with Gasteiger partial charge in [0.25, 0.3) is 11.8 Å². The molecule has 2 aliphatic rings. The van der Waals surface area contributed by atoms with E-state index in [-0.39, 0.29) is 17.9 Å². The minimum absolute atomic E-state index is 0.0198. The van der Waals surface area contributed by atoms with Gasteiger partial charge in [0.2, 0.25) is 11.8 Å². The van der Waals surface area contributed by atoms with Crippen molar-refractivity contribution < 1.29 is 19.2 Å². The Hall–Kier alpha value is -3.00. The van der Waals surface area contributed by atoms with Crippen LogP contribution in [0.15, 0.2) is 41.8 Å². The number of rotatable bonds is 7. The molecule has 4 rings (SSSR count). The van der Waals surface area contributed by atoms with Crippen LogP contribution in [0, 0.1) is 0 Å². The summed E-state index contributed by atoms with van der Waals surface area (Å²) >= 11 is 1.71. The Morgan fingerprint density at radius 3 is 2.20 bits per heavy atom. The van der Waals surface area contributed by atoms with Crippen LogP contribution in [-0.2, 0) is 15.0 Å². The molecule has 0 saturated heterocycles. The van der Waals surface area contributed by atoms with E-state index in [0.29, 0.717) is 17.7 Å². The second kappa shape index (κ2) is 8.39. The third-order valence-corrected chi connectivity index (χ3v) is 6.97. The van der Waals surface area contributed by atoms with E-state index in [9.17, 15) is 19.2 Å². The smallest absolute Gasteiger partial charge is 0.262 e. The zero-order valence-corrected chi connectivity index (χ0v) is 17.3. The van der Waals surface area contributed by atoms with E-state index in [1.807, 2.05) is 6.07 Å². The van der Waals surface area contributed by atoms with Crippen LogP contribution in [0.25, 0.3) is 0 Å². The number of thiophene rings is 1. The lowest BCUT2D eigenvalue weighted by molar-refractivity contribution is -0.126. The maximum Gasteiger partial charge on any atom is 0.262 e. The molecule has 4 amide bonds. The highest BCUT2D eigenvalue weighted by Gasteiger charge is 2.37. The molecule has 0 spiro atoms. The molecule has 1 saturated carbocycles. The third kappa shape index (κ3) is 3.87. The molecule has 1 aliphatic heterocycles. The molecule has 7 nitrogen and oxygen atoms in total. The van der Waals surface area contributed by atoms with Crippen molar-refractivity contribution in [1.82, 2.24) is 15.5 Å². The lowest BCUT2D eigenvalue weighted by Crippen LogP contribution is -2.46. The molecule has 156 valence electrons. The summed E-state index contributed by atoms with van der Waals surface area (Å²) in [5, 5.41) is 7.50. The minimum Gasteiger partial charge on any atom is -0.354 e. The molecule has 1 aliphatic carbocycles. The Balaban J connectivity index is 1.27. The molecular weight excluding hydrogens is 402 g/mol. The molecule has 0 radical (unpaired) electrons. The summed E-state index contributed by atoms with van der Waals surface area (Å²) < 4.78 is 0. The summed E-state index contributed by atoms with van der Waals surface area (Å²) in [5.74, 6) is -1.81. The Labute approximate surface area is 178 Å². The predicted octanol–water partition coefficient (Wildman–Crippen LogP) is 2.09. The molecule has 2 heterocycles. The van der Waals surface area contributed by atoms with Crippen molar-refractivity contribution in [2.24, 2.45) is 0 Å². The number of hydrogen-bond donors (Lipinski definition) is 2. The predicted molar refractivity (Wildman–Crippen MR) is 112 cm³/mol. The monoisotopic (exact) mass is 425 g/mol. The Morgan fingerprint density at radius 1 is 0.933 bits per heavy atom. The first-order chi connectivity index (χ1) is 14.5. The maximum absolute atomic E-state index is 12.3. The number of carbonyl (C=O) groups is 4. The Kier molecular flexibility index (Phi) is 5.67. The van der Waals surface area contributed by atoms with Gasteiger partial charge in [-0.3, -0.25) is 24.1 Å². The molecular formula is C22H23N3O4S. The number of nitrogens with zero attached hydrogens (tertiary/aromatic N) is 1. The maximum atomic E-state index is 12.3. The number of amides is 4. The first-order valence-electron chi connectivity index (χ1n) is 10.0. The van der Waals surface area contributed by atoms with E-state index in [0.717, 1.165) is 30.6 Å². The number of imide groups is 1. The van der Waals surface area contributed by atoms with Gasteiger partial charge in [-0.25, -0.2) is 0 Å². The SMILES string of the molecule is O=C(CNC(=O)CN1C(=O)c2ccccc2C1=O)NCC1(c2cccs2)CCCC1. The summed E-state index contributed by atoms with van der Waals surface area (Å²) in [6, 6.07) is 10.6. The second-order valence-corrected chi connectivity index (χ2v) is 8.71. The number of benzene rings is 1. The van der Waals surface area contributed by atoms with Crippen LogP contribution in [0.1, 0.15) is 51.3 Å². The van der Waals surface area contributed by atoms with Crippen LogP contribution in [-0.4, -0.2) is 48.2 Å². The quantitative estimate of drug-likeness (QED) is 0.664. The molecule has 2 N–H and O–H groups in total. The van der Waals surface area contributed by atoms with Gasteiger partial charge in [-0.2, -0.15) is 0 Å². The lowest BCUT2D eigenvalue weighted by Gasteiger charge is -2.28. The summed E-state index contributed by atoms with van der Waals surface area (Å²) in [5.41, 5.74) is 0.570. The normalized spacial score (nSPS) is 17.1. The van der Waals surface area contributed by atoms with Gasteiger partial charge in [0.15, 0.2) is 0 Å². The molecule has 1 aromatic carbocycles. The molecule has 30 heavy (non-hydrogen) atoms. The van der Waals surface area contributed by atoms with E-state index in [2.05, 4.69) is 22.1 Å². The molecule has 0 atom stereocenters. The van der Waals surface area contributed by atoms with Crippen molar-refractivity contribution in [3.63, 3.8) is 0 Å². The molecule has 1 aromatic heterocycles. The standard InChI is InChI=1S/C22H23N3O4S/c26-18(24-14-22(9-3-4-10-22)17-8-5-11-30-17)12-23-19(27)13-25-20(28)15-6-1-2-7-16(15)21(25)29/h1-2,5-8,11H,3-4,9-10,12-14H2,(H,23,27)(H,24,26). The second-order valence-electron chi connectivity index (χ2n) is 7.76. The van der Waals surface area contributed by atoms with Gasteiger partial charge < -0.3 is 10.6 Å². The van der Waals surface area contributed by atoms with Crippen LogP contribution in [0.5, 0.6) is 0 Å². The van der Waals surface area contributed by atoms with Gasteiger partial charge in [0, 0.05) is 16.8 Å². The van der Waals surface area contributed by atoms with E-state index < -0.39 is 24.3 Å². The van der Waals surface area contributed by atoms with Gasteiger partial charge in [0.05, 0.1) is 17.7 Å². The summed E-state index contributed by atoms with van der Waals surface area (Å²) in [7, 11) is 0. The van der Waals surface area contributed by atoms with Gasteiger partial charge >= 0.3 is 0 Å². The Morgan fingerprint density at radius 2 is 1.60 bits per heavy atom. The first kappa shape index (κ1) is 20.3. The number of fused-ring (bicyclic) bond motifs is 1. The van der Waals surface area contributed by atoms with Crippen molar-refractivity contribution in [1.29, 1.82) is 0 Å². The molecule has 1 fully saturated rings. The van der Waals surface area contributed by atoms with Crippen molar-refractivity contribution in [2.45, 2.75) is 31.1 Å². The number of hydrogen-bond acceptors (Lipinski definition) is 5. The fourth-order valence-corrected chi connectivity index (χ4v) is 5.22. The Bertz CT molecular complexity index is 945. The van der Waals surface area contributed by atoms with Crippen molar-refractivity contribution in [3.05, 3.63) is 57.8 Å². The van der Waals surface area contributed by atoms with Gasteiger partial charge in [-0.15, -0.1) is 11.3 Å². The third-order valence-electron chi connectivity index (χ3n) is 5.85. The zero-order chi connectivity index (χ0) is 21.1. The molecule has 2 aromatic rings. The van der Waals surface area contributed by atoms with Crippen LogP contribution < -0.4 is 10.6 Å². The molecule has 8 heteroatoms. The minimum atomic E-state index is -0.548. The summed E-state index contributed by atoms with van der Waals surface area (Å²) in [4.78, 5) is 51.4. The van der Waals surface area contributed by atoms with Gasteiger partial charge in [0.1, 0.15) is 6.54 Å². The zero-order valence-electron chi connectivity index (χ0n) is 16.5. The van der Waals surface area contributed by atoms with E-state index in [4.69, 9.17) is 0 Å². The fourth-order valence-electron chi connectivity index (χ4n) is 4.23. The molecule has 0 unspecified atom stereocenters. The highest BCUT2D eigenvalue weighted by atomic mass is 32.1. The van der Waals surface area contributed by atoms with Crippen molar-refractivity contribution in [2.75, 3.05) is 19.6 Å². The van der Waals surface area contributed by atoms with E-state index in [1.165, 1.54) is 4.88 Å². The van der Waals surface area contributed by atoms with Gasteiger partial charge in [-0.05, 0) is 36.4 Å². The van der Waals surface area contributed by atoms with E-state index >= 15 is 0 Å². The lowest BCUT2D eigenvalue weighted by atomic mass is 9.84. The first-order valence-corrected chi connectivity index (χ1v) is 10.9. The number of nitrogens with one attached hydrogen (secondary N) is 2. The highest BCUT2D eigenvalue weighted by molar-refractivity contribution is 7.10. The van der Waals surface area contributed by atoms with Gasteiger partial charge in [-0.1, -0.05) is 31.0 Å². The summed E-state index contributed by atoms with van der Waals surface area (Å²) in [6.45, 7) is -0.0537. The average molecular weight is 426 g/mol. The van der Waals surface area contributed by atoms with Crippen LogP contribution >= 0.6 is 11.3 Å². The van der Waals surface area contributed by atoms with Crippen LogP contribution in [0.4, 0.5) is 0 Å². The fraction of sp³-hybridized carbons (Fsp3) is 0.364. The average Bonchev–Trinajstić information content (AvgIpc) is 3.50. The van der Waals surface area contributed by atoms with Crippen molar-refractivity contribution in [3.8, 4) is 0 Å². The number of carbonyl (C=O) groups excluding carboxylic acids is 4. The van der Waals surface area contributed by atoms with Crippen LogP contribution in [0.2, 0.25) is 0 Å². The topological polar surface area (TPSA) is 95.6 Å².